The molecule has 0 aliphatic carbocycles. The zero-order valence-electron chi connectivity index (χ0n) is 4.18. The van der Waals surface area contributed by atoms with Gasteiger partial charge >= 0.3 is 5.51 Å². The van der Waals surface area contributed by atoms with E-state index in [1.165, 1.54) is 6.07 Å². The third-order valence-corrected chi connectivity index (χ3v) is 0.889. The van der Waals surface area contributed by atoms with Crippen LogP contribution >= 0.6 is 11.6 Å². The Hall–Kier alpha value is -0.640. The van der Waals surface area contributed by atoms with E-state index in [-0.39, 0.29) is 0 Å². The third-order valence-electron chi connectivity index (χ3n) is 0.716. The summed E-state index contributed by atoms with van der Waals surface area (Å²) < 4.78 is 24.2. The van der Waals surface area contributed by atoms with E-state index in [4.69, 9.17) is 0 Å². The van der Waals surface area contributed by atoms with E-state index in [2.05, 4.69) is 22.9 Å². The summed E-state index contributed by atoms with van der Waals surface area (Å²) in [5.41, 5.74) is -3.43. The number of nitrogens with zero attached hydrogens (tertiary/aromatic N) is 2. The lowest BCUT2D eigenvalue weighted by molar-refractivity contribution is 0.00112. The molecule has 1 heterocycles. The Labute approximate surface area is 55.0 Å². The first-order valence-electron chi connectivity index (χ1n) is 2.09. The van der Waals surface area contributed by atoms with Gasteiger partial charge in [0, 0.05) is 6.20 Å². The molecule has 0 spiro atoms. The lowest BCUT2D eigenvalue weighted by atomic mass is 10.8. The van der Waals surface area contributed by atoms with Gasteiger partial charge in [0.2, 0.25) is 0 Å². The highest BCUT2D eigenvalue weighted by Gasteiger charge is 2.27. The number of hydrogen-bond acceptors (Lipinski definition) is 1. The zero-order valence-corrected chi connectivity index (χ0v) is 4.94. The molecule has 0 amide bonds. The molecular formula is C4H2ClF2N2. The van der Waals surface area contributed by atoms with Crippen LogP contribution in [0.3, 0.4) is 0 Å². The van der Waals surface area contributed by atoms with Gasteiger partial charge in [0.05, 0.1) is 0 Å². The second-order valence-corrected chi connectivity index (χ2v) is 1.81. The predicted molar refractivity (Wildman–Crippen MR) is 27.1 cm³/mol. The van der Waals surface area contributed by atoms with Crippen LogP contribution in [0.5, 0.6) is 0 Å². The number of aromatic nitrogens is 2. The standard InChI is InChI=1S/C4H2ClF2N2/c5-4(6,7)9-3-1-2-8-9/h1,3H. The van der Waals surface area contributed by atoms with E-state index >= 15 is 0 Å². The Bertz CT molecular complexity index is 179. The van der Waals surface area contributed by atoms with E-state index in [1.54, 1.807) is 0 Å². The van der Waals surface area contributed by atoms with Crippen LogP contribution < -0.4 is 0 Å². The highest BCUT2D eigenvalue weighted by Crippen LogP contribution is 2.23. The van der Waals surface area contributed by atoms with Gasteiger partial charge in [0.15, 0.2) is 0 Å². The van der Waals surface area contributed by atoms with Crippen molar-refractivity contribution in [2.24, 2.45) is 0 Å². The van der Waals surface area contributed by atoms with Gasteiger partial charge < -0.3 is 0 Å². The summed E-state index contributed by atoms with van der Waals surface area (Å²) in [4.78, 5) is 0. The van der Waals surface area contributed by atoms with Crippen LogP contribution in [0.4, 0.5) is 8.78 Å². The maximum absolute atomic E-state index is 11.9. The van der Waals surface area contributed by atoms with E-state index in [1.807, 2.05) is 0 Å². The highest BCUT2D eigenvalue weighted by atomic mass is 35.5. The first-order valence-corrected chi connectivity index (χ1v) is 2.47. The summed E-state index contributed by atoms with van der Waals surface area (Å²) in [6.07, 6.45) is 3.22. The van der Waals surface area contributed by atoms with Gasteiger partial charge in [-0.2, -0.15) is 18.6 Å². The summed E-state index contributed by atoms with van der Waals surface area (Å²) in [6, 6.07) is 1.25. The molecule has 9 heavy (non-hydrogen) atoms. The van der Waals surface area contributed by atoms with Crippen molar-refractivity contribution in [3.63, 3.8) is 0 Å². The molecule has 0 saturated carbocycles. The number of hydrogen-bond donors (Lipinski definition) is 0. The van der Waals surface area contributed by atoms with Crippen LogP contribution in [0, 0.1) is 6.20 Å². The summed E-state index contributed by atoms with van der Waals surface area (Å²) in [6.45, 7) is 0. The lowest BCUT2D eigenvalue weighted by Crippen LogP contribution is -2.15. The first-order chi connectivity index (χ1) is 4.11. The number of rotatable bonds is 1. The fourth-order valence-corrected chi connectivity index (χ4v) is 0.468. The van der Waals surface area contributed by atoms with E-state index in [9.17, 15) is 8.78 Å². The normalized spacial score (nSPS) is 11.9. The maximum Gasteiger partial charge on any atom is 0.425 e. The van der Waals surface area contributed by atoms with E-state index in [0.29, 0.717) is 4.68 Å². The average molecular weight is 152 g/mol. The molecule has 49 valence electrons. The zero-order chi connectivity index (χ0) is 6.91. The summed E-state index contributed by atoms with van der Waals surface area (Å²) in [7, 11) is 0. The maximum atomic E-state index is 11.9. The molecule has 0 aliphatic rings. The SMILES string of the molecule is FC(F)(Cl)n1cc[c]n1. The van der Waals surface area contributed by atoms with E-state index in [0.717, 1.165) is 6.20 Å². The van der Waals surface area contributed by atoms with Crippen LogP contribution in [0.1, 0.15) is 0 Å². The average Bonchev–Trinajstić information content (AvgIpc) is 2.08. The molecule has 5 heteroatoms. The molecule has 0 N–H and O–H groups in total. The molecule has 0 atom stereocenters. The van der Waals surface area contributed by atoms with Gasteiger partial charge in [-0.15, -0.1) is 0 Å². The molecule has 1 radical (unpaired) electrons. The molecule has 0 aliphatic heterocycles. The van der Waals surface area contributed by atoms with Crippen molar-refractivity contribution in [1.29, 1.82) is 0 Å². The van der Waals surface area contributed by atoms with Gasteiger partial charge in [-0.3, -0.25) is 0 Å². The smallest absolute Gasteiger partial charge is 0.194 e. The number of alkyl halides is 3. The summed E-state index contributed by atoms with van der Waals surface area (Å²) in [5.74, 6) is 0. The fourth-order valence-electron chi connectivity index (χ4n) is 0.374. The van der Waals surface area contributed by atoms with Crippen LogP contribution in [0.25, 0.3) is 0 Å². The Kier molecular flexibility index (Phi) is 1.40. The Morgan fingerprint density at radius 2 is 2.33 bits per heavy atom. The molecule has 1 aromatic heterocycles. The van der Waals surface area contributed by atoms with Crippen molar-refractivity contribution >= 4 is 11.6 Å². The Morgan fingerprint density at radius 3 is 2.56 bits per heavy atom. The fraction of sp³-hybridized carbons (Fsp3) is 0.250. The molecule has 0 unspecified atom stereocenters. The van der Waals surface area contributed by atoms with Crippen LogP contribution in [-0.4, -0.2) is 9.78 Å². The molecule has 2 nitrogen and oxygen atoms in total. The minimum absolute atomic E-state index is 0.314. The van der Waals surface area contributed by atoms with Crippen molar-refractivity contribution in [2.75, 3.05) is 0 Å². The molecular weight excluding hydrogens is 150 g/mol. The molecule has 1 aromatic rings. The van der Waals surface area contributed by atoms with Crippen molar-refractivity contribution in [3.05, 3.63) is 18.5 Å². The molecule has 0 bridgehead atoms. The van der Waals surface area contributed by atoms with Gasteiger partial charge in [-0.05, 0) is 17.7 Å². The minimum Gasteiger partial charge on any atom is -0.194 e. The van der Waals surface area contributed by atoms with E-state index < -0.39 is 5.51 Å². The molecule has 1 rings (SSSR count). The predicted octanol–water partition coefficient (Wildman–Crippen LogP) is 1.43. The minimum atomic E-state index is -3.43. The van der Waals surface area contributed by atoms with Crippen LogP contribution in [0.2, 0.25) is 0 Å². The van der Waals surface area contributed by atoms with Crippen LogP contribution in [-0.2, 0) is 5.51 Å². The molecule has 0 aromatic carbocycles. The van der Waals surface area contributed by atoms with Crippen molar-refractivity contribution < 1.29 is 8.78 Å². The van der Waals surface area contributed by atoms with Crippen molar-refractivity contribution in [1.82, 2.24) is 9.78 Å². The summed E-state index contributed by atoms with van der Waals surface area (Å²) in [5, 5.41) is 3.10. The van der Waals surface area contributed by atoms with Crippen molar-refractivity contribution in [2.45, 2.75) is 5.51 Å². The second kappa shape index (κ2) is 1.95. The third kappa shape index (κ3) is 1.38. The van der Waals surface area contributed by atoms with Gasteiger partial charge in [-0.1, -0.05) is 0 Å². The Balaban J connectivity index is 2.90. The van der Waals surface area contributed by atoms with Crippen molar-refractivity contribution in [3.8, 4) is 0 Å². The molecule has 0 saturated heterocycles. The Morgan fingerprint density at radius 1 is 1.67 bits per heavy atom. The van der Waals surface area contributed by atoms with Crippen LogP contribution in [0.15, 0.2) is 12.3 Å². The van der Waals surface area contributed by atoms with Gasteiger partial charge in [-0.25, -0.2) is 0 Å². The largest absolute Gasteiger partial charge is 0.425 e. The highest BCUT2D eigenvalue weighted by molar-refractivity contribution is 6.19. The molecule has 0 fully saturated rings. The number of halogens is 3. The quantitative estimate of drug-likeness (QED) is 0.556. The second-order valence-electron chi connectivity index (χ2n) is 1.36. The summed E-state index contributed by atoms with van der Waals surface area (Å²) >= 11 is 4.55. The topological polar surface area (TPSA) is 17.8 Å². The first kappa shape index (κ1) is 6.48. The van der Waals surface area contributed by atoms with Gasteiger partial charge in [0.25, 0.3) is 0 Å². The lowest BCUT2D eigenvalue weighted by Gasteiger charge is -2.05. The monoisotopic (exact) mass is 151 g/mol. The van der Waals surface area contributed by atoms with Gasteiger partial charge in [0.1, 0.15) is 6.20 Å².